The monoisotopic (exact) mass is 307 g/mol. The van der Waals surface area contributed by atoms with E-state index >= 15 is 0 Å². The third-order valence-electron chi connectivity index (χ3n) is 3.02. The van der Waals surface area contributed by atoms with Crippen LogP contribution in [0.2, 0.25) is 5.02 Å². The zero-order valence-corrected chi connectivity index (χ0v) is 12.9. The molecule has 0 aliphatic heterocycles. The van der Waals surface area contributed by atoms with Crippen LogP contribution >= 0.6 is 11.6 Å². The number of ether oxygens (including phenoxy) is 1. The molecular weight excluding hydrogens is 290 g/mol. The summed E-state index contributed by atoms with van der Waals surface area (Å²) in [6, 6.07) is 7.06. The number of nitrogens with zero attached hydrogens (tertiary/aromatic N) is 2. The molecule has 5 nitrogen and oxygen atoms in total. The molecule has 0 saturated heterocycles. The molecule has 6 heteroatoms. The van der Waals surface area contributed by atoms with E-state index < -0.39 is 5.92 Å². The lowest BCUT2D eigenvalue weighted by Gasteiger charge is -2.12. The molecule has 21 heavy (non-hydrogen) atoms. The molecule has 1 unspecified atom stereocenters. The van der Waals surface area contributed by atoms with E-state index in [0.717, 1.165) is 24.2 Å². The van der Waals surface area contributed by atoms with Gasteiger partial charge >= 0.3 is 5.97 Å². The van der Waals surface area contributed by atoms with Gasteiger partial charge in [-0.05, 0) is 31.0 Å². The van der Waals surface area contributed by atoms with E-state index in [2.05, 4.69) is 22.1 Å². The Morgan fingerprint density at radius 3 is 2.67 bits per heavy atom. The number of esters is 1. The van der Waals surface area contributed by atoms with Crippen molar-refractivity contribution in [1.29, 1.82) is 0 Å². The van der Waals surface area contributed by atoms with E-state index in [4.69, 9.17) is 16.3 Å². The van der Waals surface area contributed by atoms with Crippen LogP contribution in [0.1, 0.15) is 43.4 Å². The van der Waals surface area contributed by atoms with Gasteiger partial charge in [0.2, 0.25) is 0 Å². The summed E-state index contributed by atoms with van der Waals surface area (Å²) in [6.07, 6.45) is 1.75. The fraction of sp³-hybridized carbons (Fsp3) is 0.400. The molecule has 0 amide bonds. The van der Waals surface area contributed by atoms with E-state index in [-0.39, 0.29) is 5.97 Å². The van der Waals surface area contributed by atoms with Crippen LogP contribution in [0.5, 0.6) is 0 Å². The molecule has 0 bridgehead atoms. The summed E-state index contributed by atoms with van der Waals surface area (Å²) in [5.41, 5.74) is 0.764. The first kappa shape index (κ1) is 15.5. The summed E-state index contributed by atoms with van der Waals surface area (Å²) >= 11 is 5.89. The van der Waals surface area contributed by atoms with Crippen LogP contribution in [-0.2, 0) is 16.0 Å². The van der Waals surface area contributed by atoms with Gasteiger partial charge in [-0.3, -0.25) is 9.89 Å². The SMILES string of the molecule is CCCc1nc(C(C(=O)OCC)c2ccc(Cl)cc2)n[nH]1. The van der Waals surface area contributed by atoms with Crippen LogP contribution in [0, 0.1) is 0 Å². The van der Waals surface area contributed by atoms with Crippen LogP contribution in [0.4, 0.5) is 0 Å². The maximum atomic E-state index is 12.2. The minimum atomic E-state index is -0.635. The molecule has 2 aromatic rings. The summed E-state index contributed by atoms with van der Waals surface area (Å²) in [4.78, 5) is 16.6. The molecule has 0 saturated carbocycles. The highest BCUT2D eigenvalue weighted by Gasteiger charge is 2.28. The number of aromatic amines is 1. The topological polar surface area (TPSA) is 67.9 Å². The van der Waals surface area contributed by atoms with Crippen molar-refractivity contribution < 1.29 is 9.53 Å². The molecule has 0 aliphatic carbocycles. The second kappa shape index (κ2) is 7.22. The Kier molecular flexibility index (Phi) is 5.33. The van der Waals surface area contributed by atoms with Crippen molar-refractivity contribution >= 4 is 17.6 Å². The highest BCUT2D eigenvalue weighted by molar-refractivity contribution is 6.30. The van der Waals surface area contributed by atoms with Crippen molar-refractivity contribution in [2.24, 2.45) is 0 Å². The first-order valence-corrected chi connectivity index (χ1v) is 7.36. The Morgan fingerprint density at radius 1 is 1.33 bits per heavy atom. The van der Waals surface area contributed by atoms with Crippen molar-refractivity contribution in [2.75, 3.05) is 6.61 Å². The van der Waals surface area contributed by atoms with Gasteiger partial charge in [0.15, 0.2) is 5.82 Å². The van der Waals surface area contributed by atoms with Crippen molar-refractivity contribution in [3.05, 3.63) is 46.5 Å². The zero-order valence-electron chi connectivity index (χ0n) is 12.1. The minimum absolute atomic E-state index is 0.315. The predicted octanol–water partition coefficient (Wildman–Crippen LogP) is 3.11. The molecule has 0 aliphatic rings. The lowest BCUT2D eigenvalue weighted by molar-refractivity contribution is -0.144. The molecule has 1 aromatic heterocycles. The van der Waals surface area contributed by atoms with Gasteiger partial charge in [-0.2, -0.15) is 5.10 Å². The van der Waals surface area contributed by atoms with Crippen molar-refractivity contribution in [2.45, 2.75) is 32.6 Å². The normalized spacial score (nSPS) is 12.1. The Morgan fingerprint density at radius 2 is 2.05 bits per heavy atom. The van der Waals surface area contributed by atoms with Gasteiger partial charge in [-0.1, -0.05) is 30.7 Å². The number of hydrogen-bond acceptors (Lipinski definition) is 4. The molecular formula is C15H18ClN3O2. The summed E-state index contributed by atoms with van der Waals surface area (Å²) in [5.74, 6) is 0.209. The van der Waals surface area contributed by atoms with E-state index in [1.807, 2.05) is 0 Å². The summed E-state index contributed by atoms with van der Waals surface area (Å²) < 4.78 is 5.15. The fourth-order valence-corrected chi connectivity index (χ4v) is 2.19. The zero-order chi connectivity index (χ0) is 15.2. The number of carbonyl (C=O) groups excluding carboxylic acids is 1. The molecule has 0 spiro atoms. The van der Waals surface area contributed by atoms with Gasteiger partial charge in [0.1, 0.15) is 11.7 Å². The molecule has 2 rings (SSSR count). The van der Waals surface area contributed by atoms with E-state index in [1.165, 1.54) is 0 Å². The molecule has 1 aromatic carbocycles. The molecule has 1 atom stereocenters. The maximum Gasteiger partial charge on any atom is 0.321 e. The third-order valence-corrected chi connectivity index (χ3v) is 3.27. The highest BCUT2D eigenvalue weighted by Crippen LogP contribution is 2.25. The minimum Gasteiger partial charge on any atom is -0.465 e. The van der Waals surface area contributed by atoms with Gasteiger partial charge in [-0.25, -0.2) is 4.98 Å². The molecule has 1 N–H and O–H groups in total. The first-order valence-electron chi connectivity index (χ1n) is 6.99. The van der Waals surface area contributed by atoms with Crippen LogP contribution in [0.15, 0.2) is 24.3 Å². The Balaban J connectivity index is 2.34. The number of halogens is 1. The number of aryl methyl sites for hydroxylation is 1. The van der Waals surface area contributed by atoms with Crippen LogP contribution < -0.4 is 0 Å². The highest BCUT2D eigenvalue weighted by atomic mass is 35.5. The largest absolute Gasteiger partial charge is 0.465 e. The number of rotatable bonds is 6. The average molecular weight is 308 g/mol. The van der Waals surface area contributed by atoms with Gasteiger partial charge in [-0.15, -0.1) is 0 Å². The number of carbonyl (C=O) groups is 1. The maximum absolute atomic E-state index is 12.2. The number of hydrogen-bond donors (Lipinski definition) is 1. The van der Waals surface area contributed by atoms with Crippen molar-refractivity contribution in [3.63, 3.8) is 0 Å². The summed E-state index contributed by atoms with van der Waals surface area (Å²) in [7, 11) is 0. The van der Waals surface area contributed by atoms with E-state index in [1.54, 1.807) is 31.2 Å². The smallest absolute Gasteiger partial charge is 0.321 e. The van der Waals surface area contributed by atoms with Gasteiger partial charge in [0.05, 0.1) is 6.61 Å². The summed E-state index contributed by atoms with van der Waals surface area (Å²) in [6.45, 7) is 4.15. The Labute approximate surface area is 128 Å². The van der Waals surface area contributed by atoms with Crippen LogP contribution in [0.25, 0.3) is 0 Å². The average Bonchev–Trinajstić information content (AvgIpc) is 2.90. The second-order valence-electron chi connectivity index (χ2n) is 4.63. The fourth-order valence-electron chi connectivity index (χ4n) is 2.06. The molecule has 0 radical (unpaired) electrons. The molecule has 112 valence electrons. The lowest BCUT2D eigenvalue weighted by atomic mass is 9.98. The standard InChI is InChI=1S/C15H18ClN3O2/c1-3-5-12-17-14(19-18-12)13(15(20)21-4-2)10-6-8-11(16)9-7-10/h6-9,13H,3-5H2,1-2H3,(H,17,18,19). The van der Waals surface area contributed by atoms with Gasteiger partial charge in [0, 0.05) is 11.4 Å². The number of nitrogens with one attached hydrogen (secondary N) is 1. The first-order chi connectivity index (χ1) is 10.2. The van der Waals surface area contributed by atoms with Crippen molar-refractivity contribution in [1.82, 2.24) is 15.2 Å². The van der Waals surface area contributed by atoms with Crippen LogP contribution in [0.3, 0.4) is 0 Å². The second-order valence-corrected chi connectivity index (χ2v) is 5.06. The molecule has 0 fully saturated rings. The lowest BCUT2D eigenvalue weighted by Crippen LogP contribution is -2.18. The van der Waals surface area contributed by atoms with E-state index in [9.17, 15) is 4.79 Å². The van der Waals surface area contributed by atoms with Crippen molar-refractivity contribution in [3.8, 4) is 0 Å². The van der Waals surface area contributed by atoms with Gasteiger partial charge < -0.3 is 4.74 Å². The number of benzene rings is 1. The number of aromatic nitrogens is 3. The summed E-state index contributed by atoms with van der Waals surface area (Å²) in [5, 5.41) is 7.65. The molecule has 1 heterocycles. The Hall–Kier alpha value is -1.88. The van der Waals surface area contributed by atoms with Crippen LogP contribution in [-0.4, -0.2) is 27.8 Å². The quantitative estimate of drug-likeness (QED) is 0.833. The van der Waals surface area contributed by atoms with Gasteiger partial charge in [0.25, 0.3) is 0 Å². The predicted molar refractivity (Wildman–Crippen MR) is 80.3 cm³/mol. The van der Waals surface area contributed by atoms with E-state index in [0.29, 0.717) is 17.5 Å². The third kappa shape index (κ3) is 3.82. The number of H-pyrrole nitrogens is 1. The Bertz CT molecular complexity index is 595.